The summed E-state index contributed by atoms with van der Waals surface area (Å²) in [4.78, 5) is 0. The van der Waals surface area contributed by atoms with E-state index in [1.54, 1.807) is 0 Å². The number of nitrogens with one attached hydrogen (secondary N) is 1. The average molecular weight is 243 g/mol. The van der Waals surface area contributed by atoms with Crippen LogP contribution < -0.4 is 5.32 Å². The van der Waals surface area contributed by atoms with E-state index in [4.69, 9.17) is 0 Å². The molecule has 1 saturated carbocycles. The molecule has 2 N–H and O–H groups in total. The van der Waals surface area contributed by atoms with Gasteiger partial charge in [0.15, 0.2) is 0 Å². The van der Waals surface area contributed by atoms with Crippen LogP contribution in [0.2, 0.25) is 0 Å². The van der Waals surface area contributed by atoms with Gasteiger partial charge in [-0.1, -0.05) is 25.7 Å². The SMILES string of the molecule is CC(CC1CCCC1)NCC1(O)CCSC1. The van der Waals surface area contributed by atoms with Crippen molar-refractivity contribution in [3.8, 4) is 0 Å². The summed E-state index contributed by atoms with van der Waals surface area (Å²) in [6.07, 6.45) is 7.96. The predicted octanol–water partition coefficient (Wildman–Crippen LogP) is 2.41. The summed E-state index contributed by atoms with van der Waals surface area (Å²) in [5.74, 6) is 2.97. The van der Waals surface area contributed by atoms with Gasteiger partial charge in [0.2, 0.25) is 0 Å². The van der Waals surface area contributed by atoms with Crippen molar-refractivity contribution < 1.29 is 5.11 Å². The van der Waals surface area contributed by atoms with Crippen molar-refractivity contribution in [1.29, 1.82) is 0 Å². The third kappa shape index (κ3) is 3.64. The second-order valence-electron chi connectivity index (χ2n) is 5.70. The number of rotatable bonds is 5. The summed E-state index contributed by atoms with van der Waals surface area (Å²) in [6, 6.07) is 0.567. The van der Waals surface area contributed by atoms with Gasteiger partial charge in [-0.2, -0.15) is 11.8 Å². The van der Waals surface area contributed by atoms with Gasteiger partial charge in [0.1, 0.15) is 0 Å². The Kier molecular flexibility index (Phi) is 4.57. The minimum absolute atomic E-state index is 0.422. The Hall–Kier alpha value is 0.270. The highest BCUT2D eigenvalue weighted by Crippen LogP contribution is 2.29. The van der Waals surface area contributed by atoms with Crippen LogP contribution in [0.3, 0.4) is 0 Å². The zero-order valence-electron chi connectivity index (χ0n) is 10.4. The lowest BCUT2D eigenvalue weighted by atomic mass is 9.98. The summed E-state index contributed by atoms with van der Waals surface area (Å²) in [5, 5.41) is 13.7. The fourth-order valence-electron chi connectivity index (χ4n) is 2.93. The maximum absolute atomic E-state index is 10.2. The molecule has 2 unspecified atom stereocenters. The van der Waals surface area contributed by atoms with Crippen molar-refractivity contribution in [2.45, 2.75) is 57.1 Å². The Morgan fingerprint density at radius 1 is 1.44 bits per heavy atom. The van der Waals surface area contributed by atoms with Crippen molar-refractivity contribution >= 4 is 11.8 Å². The third-order valence-electron chi connectivity index (χ3n) is 4.02. The highest BCUT2D eigenvalue weighted by molar-refractivity contribution is 7.99. The van der Waals surface area contributed by atoms with E-state index in [2.05, 4.69) is 12.2 Å². The van der Waals surface area contributed by atoms with Gasteiger partial charge >= 0.3 is 0 Å². The van der Waals surface area contributed by atoms with E-state index in [1.165, 1.54) is 32.1 Å². The Morgan fingerprint density at radius 3 is 2.81 bits per heavy atom. The van der Waals surface area contributed by atoms with Gasteiger partial charge in [-0.15, -0.1) is 0 Å². The van der Waals surface area contributed by atoms with E-state index in [-0.39, 0.29) is 0 Å². The summed E-state index contributed by atoms with van der Waals surface area (Å²) in [6.45, 7) is 3.05. The van der Waals surface area contributed by atoms with Crippen LogP contribution in [0, 0.1) is 5.92 Å². The number of hydrogen-bond donors (Lipinski definition) is 2. The molecular formula is C13H25NOS. The quantitative estimate of drug-likeness (QED) is 0.778. The largest absolute Gasteiger partial charge is 0.388 e. The molecule has 2 nitrogen and oxygen atoms in total. The maximum Gasteiger partial charge on any atom is 0.0869 e. The van der Waals surface area contributed by atoms with E-state index in [1.807, 2.05) is 11.8 Å². The van der Waals surface area contributed by atoms with Crippen LogP contribution in [0.25, 0.3) is 0 Å². The summed E-state index contributed by atoms with van der Waals surface area (Å²) in [5.41, 5.74) is -0.422. The van der Waals surface area contributed by atoms with Gasteiger partial charge in [0, 0.05) is 18.3 Å². The molecular weight excluding hydrogens is 218 g/mol. The average Bonchev–Trinajstić information content (AvgIpc) is 2.88. The van der Waals surface area contributed by atoms with Crippen molar-refractivity contribution in [3.05, 3.63) is 0 Å². The Bertz CT molecular complexity index is 210. The molecule has 0 bridgehead atoms. The Balaban J connectivity index is 1.64. The number of thioether (sulfide) groups is 1. The molecule has 0 aromatic rings. The highest BCUT2D eigenvalue weighted by atomic mass is 32.2. The molecule has 16 heavy (non-hydrogen) atoms. The smallest absolute Gasteiger partial charge is 0.0869 e. The minimum Gasteiger partial charge on any atom is -0.388 e. The maximum atomic E-state index is 10.2. The first-order valence-corrected chi connectivity index (χ1v) is 7.87. The molecule has 2 atom stereocenters. The molecule has 1 heterocycles. The van der Waals surface area contributed by atoms with E-state index in [0.29, 0.717) is 6.04 Å². The van der Waals surface area contributed by atoms with Gasteiger partial charge in [-0.3, -0.25) is 0 Å². The minimum atomic E-state index is -0.422. The van der Waals surface area contributed by atoms with Crippen LogP contribution in [0.5, 0.6) is 0 Å². The lowest BCUT2D eigenvalue weighted by Gasteiger charge is -2.25. The predicted molar refractivity (Wildman–Crippen MR) is 70.9 cm³/mol. The lowest BCUT2D eigenvalue weighted by molar-refractivity contribution is 0.0642. The van der Waals surface area contributed by atoms with Crippen molar-refractivity contribution in [1.82, 2.24) is 5.32 Å². The van der Waals surface area contributed by atoms with Crippen molar-refractivity contribution in [2.75, 3.05) is 18.1 Å². The normalized spacial score (nSPS) is 33.4. The van der Waals surface area contributed by atoms with Gasteiger partial charge in [-0.25, -0.2) is 0 Å². The molecule has 0 amide bonds. The zero-order chi connectivity index (χ0) is 11.4. The van der Waals surface area contributed by atoms with Crippen LogP contribution in [-0.2, 0) is 0 Å². The second-order valence-corrected chi connectivity index (χ2v) is 6.80. The fourth-order valence-corrected chi connectivity index (χ4v) is 4.22. The van der Waals surface area contributed by atoms with Crippen LogP contribution in [0.4, 0.5) is 0 Å². The topological polar surface area (TPSA) is 32.3 Å². The first kappa shape index (κ1) is 12.7. The van der Waals surface area contributed by atoms with Gasteiger partial charge < -0.3 is 10.4 Å². The monoisotopic (exact) mass is 243 g/mol. The Labute approximate surface area is 104 Å². The molecule has 1 aliphatic heterocycles. The molecule has 1 aliphatic carbocycles. The first-order valence-electron chi connectivity index (χ1n) is 6.71. The molecule has 2 fully saturated rings. The molecule has 0 spiro atoms. The van der Waals surface area contributed by atoms with E-state index >= 15 is 0 Å². The van der Waals surface area contributed by atoms with Gasteiger partial charge in [0.05, 0.1) is 5.60 Å². The van der Waals surface area contributed by atoms with Crippen LogP contribution in [0.1, 0.15) is 45.4 Å². The van der Waals surface area contributed by atoms with Gasteiger partial charge in [-0.05, 0) is 31.4 Å². The van der Waals surface area contributed by atoms with Crippen molar-refractivity contribution in [3.63, 3.8) is 0 Å². The fraction of sp³-hybridized carbons (Fsp3) is 1.00. The van der Waals surface area contributed by atoms with E-state index in [9.17, 15) is 5.11 Å². The molecule has 3 heteroatoms. The lowest BCUT2D eigenvalue weighted by Crippen LogP contribution is -2.44. The molecule has 0 aromatic heterocycles. The van der Waals surface area contributed by atoms with Crippen LogP contribution in [-0.4, -0.2) is 34.8 Å². The molecule has 2 rings (SSSR count). The standard InChI is InChI=1S/C13H25NOS/c1-11(8-12-4-2-3-5-12)14-9-13(15)6-7-16-10-13/h11-12,14-15H,2-10H2,1H3. The summed E-state index contributed by atoms with van der Waals surface area (Å²) < 4.78 is 0. The van der Waals surface area contributed by atoms with Crippen LogP contribution in [0.15, 0.2) is 0 Å². The molecule has 2 aliphatic rings. The first-order chi connectivity index (χ1) is 7.68. The van der Waals surface area contributed by atoms with E-state index < -0.39 is 5.60 Å². The molecule has 0 aromatic carbocycles. The van der Waals surface area contributed by atoms with Crippen molar-refractivity contribution in [2.24, 2.45) is 5.92 Å². The Morgan fingerprint density at radius 2 is 2.19 bits per heavy atom. The summed E-state index contributed by atoms with van der Waals surface area (Å²) >= 11 is 1.88. The third-order valence-corrected chi connectivity index (χ3v) is 5.26. The van der Waals surface area contributed by atoms with E-state index in [0.717, 1.165) is 30.4 Å². The molecule has 94 valence electrons. The zero-order valence-corrected chi connectivity index (χ0v) is 11.2. The number of aliphatic hydroxyl groups is 1. The second kappa shape index (κ2) is 5.74. The molecule has 0 radical (unpaired) electrons. The molecule has 1 saturated heterocycles. The summed E-state index contributed by atoms with van der Waals surface area (Å²) in [7, 11) is 0. The van der Waals surface area contributed by atoms with Crippen LogP contribution >= 0.6 is 11.8 Å². The number of hydrogen-bond acceptors (Lipinski definition) is 3. The van der Waals surface area contributed by atoms with Gasteiger partial charge in [0.25, 0.3) is 0 Å². The highest BCUT2D eigenvalue weighted by Gasteiger charge is 2.31.